The van der Waals surface area contributed by atoms with Crippen LogP contribution in [0.1, 0.15) is 24.2 Å². The monoisotopic (exact) mass is 284 g/mol. The fraction of sp³-hybridized carbons (Fsp3) is 0.417. The van der Waals surface area contributed by atoms with Crippen LogP contribution in [0.25, 0.3) is 0 Å². The number of anilines is 1. The Morgan fingerprint density at radius 1 is 1.42 bits per heavy atom. The molecule has 0 aliphatic carbocycles. The SMILES string of the molecule is CNc1ncc(C(=O)NCC(=O)NC(C)C)cc1Cl. The van der Waals surface area contributed by atoms with E-state index in [2.05, 4.69) is 20.9 Å². The van der Waals surface area contributed by atoms with E-state index in [9.17, 15) is 9.59 Å². The summed E-state index contributed by atoms with van der Waals surface area (Å²) >= 11 is 5.92. The summed E-state index contributed by atoms with van der Waals surface area (Å²) in [5.74, 6) is -0.138. The normalized spacial score (nSPS) is 10.2. The highest BCUT2D eigenvalue weighted by Gasteiger charge is 2.11. The molecule has 0 aliphatic heterocycles. The molecule has 19 heavy (non-hydrogen) atoms. The minimum absolute atomic E-state index is 0.0374. The Bertz CT molecular complexity index is 477. The Morgan fingerprint density at radius 3 is 2.63 bits per heavy atom. The van der Waals surface area contributed by atoms with Gasteiger partial charge in [0.25, 0.3) is 5.91 Å². The van der Waals surface area contributed by atoms with Crippen molar-refractivity contribution in [1.29, 1.82) is 0 Å². The Labute approximate surface area is 116 Å². The van der Waals surface area contributed by atoms with Gasteiger partial charge in [-0.05, 0) is 19.9 Å². The minimum atomic E-state index is -0.393. The number of pyridine rings is 1. The standard InChI is InChI=1S/C12H17ClN4O2/c1-7(2)17-10(18)6-16-12(19)8-4-9(13)11(14-3)15-5-8/h4-5,7H,6H2,1-3H3,(H,14,15)(H,16,19)(H,17,18). The molecule has 0 radical (unpaired) electrons. The molecule has 0 fully saturated rings. The van der Waals surface area contributed by atoms with Crippen molar-refractivity contribution in [3.8, 4) is 0 Å². The second-order valence-electron chi connectivity index (χ2n) is 4.21. The zero-order valence-corrected chi connectivity index (χ0v) is 11.8. The van der Waals surface area contributed by atoms with Gasteiger partial charge in [-0.2, -0.15) is 0 Å². The quantitative estimate of drug-likeness (QED) is 0.754. The fourth-order valence-corrected chi connectivity index (χ4v) is 1.64. The predicted octanol–water partition coefficient (Wildman–Crippen LogP) is 1.03. The highest BCUT2D eigenvalue weighted by Crippen LogP contribution is 2.19. The Balaban J connectivity index is 2.59. The molecule has 6 nitrogen and oxygen atoms in total. The molecule has 1 aromatic heterocycles. The van der Waals surface area contributed by atoms with Gasteiger partial charge in [-0.1, -0.05) is 11.6 Å². The molecule has 1 rings (SSSR count). The number of aromatic nitrogens is 1. The molecule has 0 spiro atoms. The summed E-state index contributed by atoms with van der Waals surface area (Å²) in [6.45, 7) is 3.61. The first-order chi connectivity index (χ1) is 8.93. The third-order valence-corrected chi connectivity index (χ3v) is 2.49. The molecule has 0 saturated heterocycles. The second kappa shape index (κ2) is 6.94. The van der Waals surface area contributed by atoms with E-state index in [-0.39, 0.29) is 18.5 Å². The molecule has 1 aromatic rings. The lowest BCUT2D eigenvalue weighted by atomic mass is 10.2. The van der Waals surface area contributed by atoms with Gasteiger partial charge in [0.1, 0.15) is 5.82 Å². The summed E-state index contributed by atoms with van der Waals surface area (Å²) in [5.41, 5.74) is 0.307. The van der Waals surface area contributed by atoms with Crippen LogP contribution in [0, 0.1) is 0 Å². The number of halogens is 1. The molecule has 1 heterocycles. The summed E-state index contributed by atoms with van der Waals surface area (Å²) in [5, 5.41) is 8.32. The van der Waals surface area contributed by atoms with Crippen LogP contribution in [0.2, 0.25) is 5.02 Å². The van der Waals surface area contributed by atoms with E-state index < -0.39 is 5.91 Å². The molecule has 104 valence electrons. The van der Waals surface area contributed by atoms with Crippen LogP contribution in [0.15, 0.2) is 12.3 Å². The van der Waals surface area contributed by atoms with Gasteiger partial charge in [0.2, 0.25) is 5.91 Å². The van der Waals surface area contributed by atoms with Crippen molar-refractivity contribution in [3.05, 3.63) is 22.8 Å². The van der Waals surface area contributed by atoms with Gasteiger partial charge in [-0.25, -0.2) is 4.98 Å². The first kappa shape index (κ1) is 15.2. The molecule has 0 saturated carbocycles. The van der Waals surface area contributed by atoms with Gasteiger partial charge in [0, 0.05) is 19.3 Å². The van der Waals surface area contributed by atoms with Gasteiger partial charge in [0.05, 0.1) is 17.1 Å². The number of nitrogens with one attached hydrogen (secondary N) is 3. The molecule has 2 amide bonds. The van der Waals surface area contributed by atoms with Crippen molar-refractivity contribution in [3.63, 3.8) is 0 Å². The zero-order valence-electron chi connectivity index (χ0n) is 11.1. The highest BCUT2D eigenvalue weighted by molar-refractivity contribution is 6.33. The van der Waals surface area contributed by atoms with Gasteiger partial charge in [-0.3, -0.25) is 9.59 Å². The van der Waals surface area contributed by atoms with E-state index in [1.54, 1.807) is 7.05 Å². The summed E-state index contributed by atoms with van der Waals surface area (Å²) in [7, 11) is 1.68. The van der Waals surface area contributed by atoms with Crippen molar-refractivity contribution >= 4 is 29.2 Å². The number of hydrogen-bond acceptors (Lipinski definition) is 4. The number of amides is 2. The van der Waals surface area contributed by atoms with Crippen molar-refractivity contribution in [2.24, 2.45) is 0 Å². The number of nitrogens with zero attached hydrogens (tertiary/aromatic N) is 1. The van der Waals surface area contributed by atoms with Crippen LogP contribution in [-0.4, -0.2) is 36.4 Å². The largest absolute Gasteiger partial charge is 0.372 e. The number of carbonyl (C=O) groups excluding carboxylic acids is 2. The van der Waals surface area contributed by atoms with E-state index in [0.29, 0.717) is 16.4 Å². The summed E-state index contributed by atoms with van der Waals surface area (Å²) in [6, 6.07) is 1.53. The molecule has 0 atom stereocenters. The van der Waals surface area contributed by atoms with E-state index in [1.807, 2.05) is 13.8 Å². The van der Waals surface area contributed by atoms with Crippen LogP contribution in [0.3, 0.4) is 0 Å². The summed E-state index contributed by atoms with van der Waals surface area (Å²) in [6.07, 6.45) is 1.40. The molecular weight excluding hydrogens is 268 g/mol. The molecule has 0 aromatic carbocycles. The van der Waals surface area contributed by atoms with Crippen molar-refractivity contribution < 1.29 is 9.59 Å². The van der Waals surface area contributed by atoms with Crippen LogP contribution in [0.5, 0.6) is 0 Å². The number of rotatable bonds is 5. The van der Waals surface area contributed by atoms with Crippen LogP contribution in [-0.2, 0) is 4.79 Å². The summed E-state index contributed by atoms with van der Waals surface area (Å²) < 4.78 is 0. The third kappa shape index (κ3) is 4.75. The Kier molecular flexibility index (Phi) is 5.57. The number of hydrogen-bond donors (Lipinski definition) is 3. The molecule has 7 heteroatoms. The van der Waals surface area contributed by atoms with Gasteiger partial charge in [0.15, 0.2) is 0 Å². The lowest BCUT2D eigenvalue weighted by Gasteiger charge is -2.09. The first-order valence-corrected chi connectivity index (χ1v) is 6.22. The smallest absolute Gasteiger partial charge is 0.253 e. The predicted molar refractivity (Wildman–Crippen MR) is 74.4 cm³/mol. The molecular formula is C12H17ClN4O2. The van der Waals surface area contributed by atoms with E-state index in [0.717, 1.165) is 0 Å². The van der Waals surface area contributed by atoms with Crippen molar-refractivity contribution in [1.82, 2.24) is 15.6 Å². The van der Waals surface area contributed by atoms with Gasteiger partial charge < -0.3 is 16.0 Å². The maximum absolute atomic E-state index is 11.8. The average Bonchev–Trinajstić information content (AvgIpc) is 2.35. The topological polar surface area (TPSA) is 83.1 Å². The van der Waals surface area contributed by atoms with E-state index in [4.69, 9.17) is 11.6 Å². The molecule has 0 aliphatic rings. The fourth-order valence-electron chi connectivity index (χ4n) is 1.38. The van der Waals surface area contributed by atoms with Gasteiger partial charge in [-0.15, -0.1) is 0 Å². The molecule has 3 N–H and O–H groups in total. The average molecular weight is 285 g/mol. The second-order valence-corrected chi connectivity index (χ2v) is 4.62. The zero-order chi connectivity index (χ0) is 14.4. The number of carbonyl (C=O) groups is 2. The van der Waals surface area contributed by atoms with Crippen molar-refractivity contribution in [2.75, 3.05) is 18.9 Å². The maximum Gasteiger partial charge on any atom is 0.253 e. The lowest BCUT2D eigenvalue weighted by molar-refractivity contribution is -0.120. The van der Waals surface area contributed by atoms with Gasteiger partial charge >= 0.3 is 0 Å². The highest BCUT2D eigenvalue weighted by atomic mass is 35.5. The maximum atomic E-state index is 11.8. The lowest BCUT2D eigenvalue weighted by Crippen LogP contribution is -2.39. The minimum Gasteiger partial charge on any atom is -0.372 e. The Hall–Kier alpha value is -1.82. The van der Waals surface area contributed by atoms with E-state index in [1.165, 1.54) is 12.3 Å². The Morgan fingerprint density at radius 2 is 2.11 bits per heavy atom. The molecule has 0 bridgehead atoms. The van der Waals surface area contributed by atoms with Crippen LogP contribution >= 0.6 is 11.6 Å². The summed E-state index contributed by atoms with van der Waals surface area (Å²) in [4.78, 5) is 27.1. The third-order valence-electron chi connectivity index (χ3n) is 2.20. The first-order valence-electron chi connectivity index (χ1n) is 5.85. The van der Waals surface area contributed by atoms with Crippen molar-refractivity contribution in [2.45, 2.75) is 19.9 Å². The molecule has 0 unspecified atom stereocenters. The van der Waals surface area contributed by atoms with Crippen LogP contribution < -0.4 is 16.0 Å². The van der Waals surface area contributed by atoms with Crippen LogP contribution in [0.4, 0.5) is 5.82 Å². The van der Waals surface area contributed by atoms with E-state index >= 15 is 0 Å².